The van der Waals surface area contributed by atoms with Gasteiger partial charge in [0.25, 0.3) is 0 Å². The highest BCUT2D eigenvalue weighted by molar-refractivity contribution is 7.89. The Hall–Kier alpha value is -1.47. The molecule has 0 heterocycles. The Bertz CT molecular complexity index is 611. The van der Waals surface area contributed by atoms with Crippen molar-refractivity contribution in [3.63, 3.8) is 0 Å². The van der Waals surface area contributed by atoms with Crippen LogP contribution in [0.5, 0.6) is 0 Å². The molecule has 0 fully saturated rings. The van der Waals surface area contributed by atoms with E-state index in [1.54, 1.807) is 13.8 Å². The van der Waals surface area contributed by atoms with Crippen molar-refractivity contribution in [3.05, 3.63) is 29.6 Å². The molecule has 0 spiro atoms. The van der Waals surface area contributed by atoms with Gasteiger partial charge < -0.3 is 5.11 Å². The molecule has 0 atom stereocenters. The van der Waals surface area contributed by atoms with Crippen LogP contribution in [0, 0.1) is 12.7 Å². The predicted octanol–water partition coefficient (Wildman–Crippen LogP) is 2.06. The Morgan fingerprint density at radius 1 is 1.40 bits per heavy atom. The number of hydrogen-bond acceptors (Lipinski definition) is 3. The lowest BCUT2D eigenvalue weighted by molar-refractivity contribution is -0.137. The number of hydrogen-bond donors (Lipinski definition) is 2. The number of benzene rings is 1. The molecule has 0 radical (unpaired) electrons. The number of aliphatic carboxylic acids is 1. The molecule has 0 aliphatic carbocycles. The van der Waals surface area contributed by atoms with E-state index in [1.165, 1.54) is 19.1 Å². The number of carboxylic acid groups (broad SMARTS) is 1. The smallest absolute Gasteiger partial charge is 0.303 e. The fourth-order valence-corrected chi connectivity index (χ4v) is 3.20. The van der Waals surface area contributed by atoms with Crippen LogP contribution < -0.4 is 4.72 Å². The summed E-state index contributed by atoms with van der Waals surface area (Å²) in [4.78, 5) is 10.5. The normalized spacial score (nSPS) is 12.4. The lowest BCUT2D eigenvalue weighted by Crippen LogP contribution is -2.43. The summed E-state index contributed by atoms with van der Waals surface area (Å²) in [6.45, 7) is 4.68. The van der Waals surface area contributed by atoms with Crippen LogP contribution >= 0.6 is 0 Å². The molecule has 0 amide bonds. The Balaban J connectivity index is 2.93. The van der Waals surface area contributed by atoms with Crippen molar-refractivity contribution < 1.29 is 22.7 Å². The van der Waals surface area contributed by atoms with E-state index < -0.39 is 27.3 Å². The molecule has 0 saturated heterocycles. The van der Waals surface area contributed by atoms with E-state index >= 15 is 0 Å². The summed E-state index contributed by atoms with van der Waals surface area (Å²) in [5.41, 5.74) is -0.671. The molecule has 0 saturated carbocycles. The zero-order chi connectivity index (χ0) is 15.6. The van der Waals surface area contributed by atoms with E-state index in [1.807, 2.05) is 0 Å². The van der Waals surface area contributed by atoms with Crippen LogP contribution in [0.15, 0.2) is 23.1 Å². The maximum absolute atomic E-state index is 13.2. The van der Waals surface area contributed by atoms with Gasteiger partial charge in [0.15, 0.2) is 0 Å². The molecule has 2 N–H and O–H groups in total. The van der Waals surface area contributed by atoms with Crippen LogP contribution in [-0.4, -0.2) is 25.0 Å². The molecule has 0 aromatic heterocycles. The van der Waals surface area contributed by atoms with E-state index in [9.17, 15) is 17.6 Å². The molecule has 0 aliphatic rings. The van der Waals surface area contributed by atoms with Gasteiger partial charge in [-0.2, -0.15) is 0 Å². The maximum atomic E-state index is 13.2. The largest absolute Gasteiger partial charge is 0.481 e. The molecule has 1 aromatic carbocycles. The van der Waals surface area contributed by atoms with Crippen molar-refractivity contribution in [3.8, 4) is 0 Å². The van der Waals surface area contributed by atoms with Gasteiger partial charge in [-0.25, -0.2) is 17.5 Å². The number of rotatable bonds is 6. The lowest BCUT2D eigenvalue weighted by Gasteiger charge is -2.25. The van der Waals surface area contributed by atoms with Crippen LogP contribution in [0.3, 0.4) is 0 Å². The Morgan fingerprint density at radius 3 is 2.50 bits per heavy atom. The second-order valence-electron chi connectivity index (χ2n) is 5.29. The molecule has 0 aliphatic heterocycles. The van der Waals surface area contributed by atoms with Crippen molar-refractivity contribution >= 4 is 16.0 Å². The van der Waals surface area contributed by atoms with Gasteiger partial charge in [-0.3, -0.25) is 4.79 Å². The summed E-state index contributed by atoms with van der Waals surface area (Å²) in [7, 11) is -3.81. The fourth-order valence-electron chi connectivity index (χ4n) is 1.68. The maximum Gasteiger partial charge on any atom is 0.303 e. The highest BCUT2D eigenvalue weighted by Gasteiger charge is 2.27. The Kier molecular flexibility index (Phi) is 4.88. The van der Waals surface area contributed by atoms with Gasteiger partial charge in [-0.15, -0.1) is 0 Å². The molecule has 0 unspecified atom stereocenters. The number of halogens is 1. The van der Waals surface area contributed by atoms with E-state index in [4.69, 9.17) is 5.11 Å². The molecular weight excluding hydrogens is 285 g/mol. The summed E-state index contributed by atoms with van der Waals surface area (Å²) < 4.78 is 39.9. The number of carbonyl (C=O) groups is 1. The minimum absolute atomic E-state index is 0.0419. The zero-order valence-corrected chi connectivity index (χ0v) is 12.4. The topological polar surface area (TPSA) is 83.5 Å². The number of aryl methyl sites for hydroxylation is 1. The molecule has 1 rings (SSSR count). The van der Waals surface area contributed by atoms with Gasteiger partial charge in [0.1, 0.15) is 5.82 Å². The third-order valence-corrected chi connectivity index (χ3v) is 4.51. The highest BCUT2D eigenvalue weighted by Crippen LogP contribution is 2.19. The van der Waals surface area contributed by atoms with E-state index in [0.717, 1.165) is 6.07 Å². The van der Waals surface area contributed by atoms with Gasteiger partial charge in [0, 0.05) is 12.0 Å². The first-order chi connectivity index (χ1) is 9.03. The zero-order valence-electron chi connectivity index (χ0n) is 11.6. The Morgan fingerprint density at radius 2 is 2.00 bits per heavy atom. The molecule has 7 heteroatoms. The van der Waals surface area contributed by atoms with E-state index in [0.29, 0.717) is 0 Å². The van der Waals surface area contributed by atoms with Crippen LogP contribution in [0.1, 0.15) is 32.3 Å². The molecule has 112 valence electrons. The van der Waals surface area contributed by atoms with Crippen LogP contribution in [0.2, 0.25) is 0 Å². The Labute approximate surface area is 117 Å². The molecule has 20 heavy (non-hydrogen) atoms. The number of sulfonamides is 1. The first-order valence-corrected chi connectivity index (χ1v) is 7.54. The van der Waals surface area contributed by atoms with Gasteiger partial charge in [-0.1, -0.05) is 0 Å². The second-order valence-corrected chi connectivity index (χ2v) is 6.98. The first-order valence-electron chi connectivity index (χ1n) is 6.05. The minimum atomic E-state index is -3.81. The average molecular weight is 303 g/mol. The van der Waals surface area contributed by atoms with Gasteiger partial charge in [0.2, 0.25) is 10.0 Å². The predicted molar refractivity (Wildman–Crippen MR) is 72.4 cm³/mol. The third kappa shape index (κ3) is 4.57. The number of carboxylic acids is 1. The van der Waals surface area contributed by atoms with Crippen molar-refractivity contribution in [2.24, 2.45) is 0 Å². The molecule has 5 nitrogen and oxygen atoms in total. The average Bonchev–Trinajstić information content (AvgIpc) is 2.29. The summed E-state index contributed by atoms with van der Waals surface area (Å²) in [6.07, 6.45) is 0.0136. The highest BCUT2D eigenvalue weighted by atomic mass is 32.2. The van der Waals surface area contributed by atoms with E-state index in [2.05, 4.69) is 4.72 Å². The molecule has 0 bridgehead atoms. The minimum Gasteiger partial charge on any atom is -0.481 e. The summed E-state index contributed by atoms with van der Waals surface area (Å²) in [5.74, 6) is -1.47. The summed E-state index contributed by atoms with van der Waals surface area (Å²) in [5, 5.41) is 8.64. The van der Waals surface area contributed by atoms with Crippen molar-refractivity contribution in [1.82, 2.24) is 4.72 Å². The summed E-state index contributed by atoms with van der Waals surface area (Å²) >= 11 is 0. The lowest BCUT2D eigenvalue weighted by atomic mass is 10.0. The van der Waals surface area contributed by atoms with Gasteiger partial charge in [0.05, 0.1) is 4.90 Å². The fraction of sp³-hybridized carbons (Fsp3) is 0.462. The van der Waals surface area contributed by atoms with Crippen molar-refractivity contribution in [2.45, 2.75) is 44.0 Å². The van der Waals surface area contributed by atoms with Crippen LogP contribution in [0.25, 0.3) is 0 Å². The third-order valence-electron chi connectivity index (χ3n) is 2.81. The van der Waals surface area contributed by atoms with Gasteiger partial charge >= 0.3 is 5.97 Å². The number of nitrogens with one attached hydrogen (secondary N) is 1. The second kappa shape index (κ2) is 5.88. The van der Waals surface area contributed by atoms with Crippen molar-refractivity contribution in [1.29, 1.82) is 0 Å². The SMILES string of the molecule is Cc1cc(S(=O)(=O)NC(C)(C)CCC(=O)O)ccc1F. The van der Waals surface area contributed by atoms with Crippen LogP contribution in [0.4, 0.5) is 4.39 Å². The van der Waals surface area contributed by atoms with E-state index in [-0.39, 0.29) is 23.3 Å². The molecule has 1 aromatic rings. The molecular formula is C13H18FNO4S. The quantitative estimate of drug-likeness (QED) is 0.842. The summed E-state index contributed by atoms with van der Waals surface area (Å²) in [6, 6.07) is 3.51. The first kappa shape index (κ1) is 16.6. The van der Waals surface area contributed by atoms with Gasteiger partial charge in [-0.05, 0) is 51.0 Å². The van der Waals surface area contributed by atoms with Crippen molar-refractivity contribution in [2.75, 3.05) is 0 Å². The standard InChI is InChI=1S/C13H18FNO4S/c1-9-8-10(4-5-11(9)14)20(18,19)15-13(2,3)7-6-12(16)17/h4-5,8,15H,6-7H2,1-3H3,(H,16,17). The monoisotopic (exact) mass is 303 g/mol. The van der Waals surface area contributed by atoms with Crippen LogP contribution in [-0.2, 0) is 14.8 Å².